The van der Waals surface area contributed by atoms with Gasteiger partial charge in [0.25, 0.3) is 0 Å². The molecule has 1 aliphatic heterocycles. The Kier molecular flexibility index (Phi) is 5.47. The fourth-order valence-electron chi connectivity index (χ4n) is 2.61. The van der Waals surface area contributed by atoms with Crippen LogP contribution >= 0.6 is 15.9 Å². The van der Waals surface area contributed by atoms with Gasteiger partial charge >= 0.3 is 5.97 Å². The van der Waals surface area contributed by atoms with E-state index in [0.717, 1.165) is 23.1 Å². The van der Waals surface area contributed by atoms with Crippen LogP contribution in [0.15, 0.2) is 16.6 Å². The Morgan fingerprint density at radius 3 is 2.62 bits per heavy atom. The summed E-state index contributed by atoms with van der Waals surface area (Å²) in [6, 6.07) is 3.65. The van der Waals surface area contributed by atoms with Gasteiger partial charge < -0.3 is 14.6 Å². The number of aliphatic carboxylic acids is 1. The number of rotatable bonds is 6. The summed E-state index contributed by atoms with van der Waals surface area (Å²) in [6.45, 7) is 6.69. The zero-order valence-electron chi connectivity index (χ0n) is 12.3. The molecule has 0 radical (unpaired) electrons. The molecule has 1 unspecified atom stereocenters. The van der Waals surface area contributed by atoms with Gasteiger partial charge in [-0.05, 0) is 46.7 Å². The molecule has 1 heterocycles. The highest BCUT2D eigenvalue weighted by Crippen LogP contribution is 2.41. The van der Waals surface area contributed by atoms with E-state index in [-0.39, 0.29) is 12.5 Å². The molecule has 0 aromatic heterocycles. The first kappa shape index (κ1) is 16.1. The quantitative estimate of drug-likeness (QED) is 0.847. The summed E-state index contributed by atoms with van der Waals surface area (Å²) in [6.07, 6.45) is 0.0633. The Hall–Kier alpha value is -1.27. The van der Waals surface area contributed by atoms with Crippen LogP contribution in [0.4, 0.5) is 0 Å². The van der Waals surface area contributed by atoms with Crippen molar-refractivity contribution in [2.75, 3.05) is 26.3 Å². The van der Waals surface area contributed by atoms with Crippen molar-refractivity contribution in [1.82, 2.24) is 4.90 Å². The molecule has 1 atom stereocenters. The molecule has 1 aromatic rings. The number of halogens is 1. The molecule has 0 saturated carbocycles. The van der Waals surface area contributed by atoms with Gasteiger partial charge in [0.1, 0.15) is 13.2 Å². The van der Waals surface area contributed by atoms with Gasteiger partial charge in [0.15, 0.2) is 11.5 Å². The van der Waals surface area contributed by atoms with Crippen LogP contribution in [0.5, 0.6) is 11.5 Å². The molecule has 0 saturated heterocycles. The van der Waals surface area contributed by atoms with Crippen LogP contribution in [0.1, 0.15) is 31.9 Å². The van der Waals surface area contributed by atoms with Crippen LogP contribution in [0.3, 0.4) is 0 Å². The lowest BCUT2D eigenvalue weighted by molar-refractivity contribution is -0.138. The second kappa shape index (κ2) is 7.13. The first-order valence-electron chi connectivity index (χ1n) is 7.11. The van der Waals surface area contributed by atoms with E-state index in [2.05, 4.69) is 20.8 Å². The summed E-state index contributed by atoms with van der Waals surface area (Å²) in [5, 5.41) is 9.20. The average molecular weight is 358 g/mol. The lowest BCUT2D eigenvalue weighted by Gasteiger charge is -2.30. The van der Waals surface area contributed by atoms with Gasteiger partial charge in [-0.1, -0.05) is 13.8 Å². The van der Waals surface area contributed by atoms with E-state index in [9.17, 15) is 9.90 Å². The second-order valence-electron chi connectivity index (χ2n) is 4.86. The number of fused-ring (bicyclic) bond motifs is 1. The highest BCUT2D eigenvalue weighted by molar-refractivity contribution is 9.10. The van der Waals surface area contributed by atoms with Gasteiger partial charge in [0.2, 0.25) is 0 Å². The fourth-order valence-corrected chi connectivity index (χ4v) is 3.18. The monoisotopic (exact) mass is 357 g/mol. The summed E-state index contributed by atoms with van der Waals surface area (Å²) in [5.41, 5.74) is 0.928. The number of carboxylic acids is 1. The number of carboxylic acid groups (broad SMARTS) is 1. The molecular weight excluding hydrogens is 338 g/mol. The van der Waals surface area contributed by atoms with E-state index in [1.54, 1.807) is 0 Å². The smallest absolute Gasteiger partial charge is 0.305 e. The van der Waals surface area contributed by atoms with Gasteiger partial charge in [-0.2, -0.15) is 0 Å². The normalized spacial score (nSPS) is 15.0. The van der Waals surface area contributed by atoms with Crippen molar-refractivity contribution in [2.45, 2.75) is 26.3 Å². The standard InChI is InChI=1S/C15H20BrNO4/c1-3-17(4-2)12(9-14(18)19)10-7-11(16)15-13(8-10)20-5-6-21-15/h7-8,12H,3-6,9H2,1-2H3,(H,18,19). The van der Waals surface area contributed by atoms with Crippen LogP contribution in [-0.4, -0.2) is 42.3 Å². The maximum absolute atomic E-state index is 11.2. The summed E-state index contributed by atoms with van der Waals surface area (Å²) in [5.74, 6) is 0.560. The van der Waals surface area contributed by atoms with Gasteiger partial charge in [-0.3, -0.25) is 9.69 Å². The molecule has 6 heteroatoms. The molecular formula is C15H20BrNO4. The molecule has 0 spiro atoms. The molecule has 21 heavy (non-hydrogen) atoms. The lowest BCUT2D eigenvalue weighted by Crippen LogP contribution is -2.30. The summed E-state index contributed by atoms with van der Waals surface area (Å²) < 4.78 is 12.0. The van der Waals surface area contributed by atoms with Gasteiger partial charge in [0, 0.05) is 6.04 Å². The van der Waals surface area contributed by atoms with Gasteiger partial charge in [0.05, 0.1) is 10.9 Å². The van der Waals surface area contributed by atoms with Crippen molar-refractivity contribution >= 4 is 21.9 Å². The van der Waals surface area contributed by atoms with Crippen molar-refractivity contribution in [3.8, 4) is 11.5 Å². The minimum absolute atomic E-state index is 0.0633. The van der Waals surface area contributed by atoms with Gasteiger partial charge in [-0.25, -0.2) is 0 Å². The number of nitrogens with zero attached hydrogens (tertiary/aromatic N) is 1. The van der Waals surface area contributed by atoms with Crippen LogP contribution in [0.2, 0.25) is 0 Å². The molecule has 1 aromatic carbocycles. The van der Waals surface area contributed by atoms with Gasteiger partial charge in [-0.15, -0.1) is 0 Å². The molecule has 0 bridgehead atoms. The molecule has 0 amide bonds. The molecule has 0 aliphatic carbocycles. The summed E-state index contributed by atoms with van der Waals surface area (Å²) in [7, 11) is 0. The van der Waals surface area contributed by atoms with Crippen LogP contribution in [-0.2, 0) is 4.79 Å². The Labute approximate surface area is 133 Å². The number of carbonyl (C=O) groups is 1. The molecule has 1 aliphatic rings. The van der Waals surface area contributed by atoms with E-state index >= 15 is 0 Å². The highest BCUT2D eigenvalue weighted by atomic mass is 79.9. The third-order valence-electron chi connectivity index (χ3n) is 3.63. The Morgan fingerprint density at radius 2 is 2.00 bits per heavy atom. The summed E-state index contributed by atoms with van der Waals surface area (Å²) in [4.78, 5) is 13.3. The third-order valence-corrected chi connectivity index (χ3v) is 4.21. The van der Waals surface area contributed by atoms with Crippen molar-refractivity contribution in [2.24, 2.45) is 0 Å². The maximum Gasteiger partial charge on any atom is 0.305 e. The molecule has 1 N–H and O–H groups in total. The number of ether oxygens (including phenoxy) is 2. The predicted octanol–water partition coefficient (Wildman–Crippen LogP) is 3.08. The predicted molar refractivity (Wildman–Crippen MR) is 83.0 cm³/mol. The van der Waals surface area contributed by atoms with Crippen LogP contribution < -0.4 is 9.47 Å². The Balaban J connectivity index is 2.39. The van der Waals surface area contributed by atoms with E-state index < -0.39 is 5.97 Å². The number of hydrogen-bond acceptors (Lipinski definition) is 4. The number of hydrogen-bond donors (Lipinski definition) is 1. The molecule has 2 rings (SSSR count). The van der Waals surface area contributed by atoms with Crippen LogP contribution in [0, 0.1) is 0 Å². The minimum Gasteiger partial charge on any atom is -0.486 e. The minimum atomic E-state index is -0.807. The molecule has 5 nitrogen and oxygen atoms in total. The number of benzene rings is 1. The molecule has 116 valence electrons. The average Bonchev–Trinajstić information content (AvgIpc) is 2.47. The largest absolute Gasteiger partial charge is 0.486 e. The third kappa shape index (κ3) is 3.68. The highest BCUT2D eigenvalue weighted by Gasteiger charge is 2.25. The second-order valence-corrected chi connectivity index (χ2v) is 5.72. The van der Waals surface area contributed by atoms with Crippen molar-refractivity contribution < 1.29 is 19.4 Å². The maximum atomic E-state index is 11.2. The first-order valence-corrected chi connectivity index (χ1v) is 7.91. The van der Waals surface area contributed by atoms with E-state index in [4.69, 9.17) is 9.47 Å². The van der Waals surface area contributed by atoms with Crippen LogP contribution in [0.25, 0.3) is 0 Å². The lowest BCUT2D eigenvalue weighted by atomic mass is 10.0. The zero-order chi connectivity index (χ0) is 15.4. The topological polar surface area (TPSA) is 59.0 Å². The Morgan fingerprint density at radius 1 is 1.33 bits per heavy atom. The van der Waals surface area contributed by atoms with Crippen molar-refractivity contribution in [1.29, 1.82) is 0 Å². The SMILES string of the molecule is CCN(CC)C(CC(=O)O)c1cc(Br)c2c(c1)OCCO2. The first-order chi connectivity index (χ1) is 10.1. The van der Waals surface area contributed by atoms with Crippen molar-refractivity contribution in [3.05, 3.63) is 22.2 Å². The Bertz CT molecular complexity index is 517. The summed E-state index contributed by atoms with van der Waals surface area (Å²) >= 11 is 3.49. The fraction of sp³-hybridized carbons (Fsp3) is 0.533. The van der Waals surface area contributed by atoms with E-state index in [0.29, 0.717) is 24.7 Å². The van der Waals surface area contributed by atoms with Crippen molar-refractivity contribution in [3.63, 3.8) is 0 Å². The van der Waals surface area contributed by atoms with E-state index in [1.165, 1.54) is 0 Å². The molecule has 0 fully saturated rings. The zero-order valence-corrected chi connectivity index (χ0v) is 13.9. The van der Waals surface area contributed by atoms with E-state index in [1.807, 2.05) is 26.0 Å².